The molecule has 0 atom stereocenters. The highest BCUT2D eigenvalue weighted by Crippen LogP contribution is 2.22. The van der Waals surface area contributed by atoms with Gasteiger partial charge in [0.05, 0.1) is 13.3 Å². The van der Waals surface area contributed by atoms with Crippen LogP contribution in [0.15, 0.2) is 53.6 Å². The fraction of sp³-hybridized carbons (Fsp3) is 0.208. The first kappa shape index (κ1) is 21.8. The quantitative estimate of drug-likeness (QED) is 0.375. The standard InChI is InChI=1S/C24H26N4O3/c1-15-6-9-21(12-16(15)2)28-17(3)13-19(18(28)4)14-25-27-24(30)23(29)26-20-7-10-22(31-5)11-8-20/h6-14H,1-5H3,(H,26,29)(H,27,30)/b25-14-. The van der Waals surface area contributed by atoms with E-state index in [4.69, 9.17) is 4.74 Å². The minimum atomic E-state index is -0.852. The number of nitrogens with one attached hydrogen (secondary N) is 2. The van der Waals surface area contributed by atoms with Crippen molar-refractivity contribution in [2.24, 2.45) is 5.10 Å². The molecular formula is C24H26N4O3. The van der Waals surface area contributed by atoms with Gasteiger partial charge in [-0.3, -0.25) is 9.59 Å². The van der Waals surface area contributed by atoms with E-state index in [-0.39, 0.29) is 0 Å². The van der Waals surface area contributed by atoms with E-state index in [2.05, 4.69) is 52.5 Å². The summed E-state index contributed by atoms with van der Waals surface area (Å²) in [6.45, 7) is 8.17. The van der Waals surface area contributed by atoms with Gasteiger partial charge in [-0.1, -0.05) is 6.07 Å². The van der Waals surface area contributed by atoms with E-state index in [0.29, 0.717) is 11.4 Å². The number of carbonyl (C=O) groups excluding carboxylic acids is 2. The van der Waals surface area contributed by atoms with Crippen LogP contribution in [0.1, 0.15) is 28.1 Å². The second-order valence-electron chi connectivity index (χ2n) is 7.31. The lowest BCUT2D eigenvalue weighted by molar-refractivity contribution is -0.136. The number of ether oxygens (including phenoxy) is 1. The van der Waals surface area contributed by atoms with Gasteiger partial charge in [0.25, 0.3) is 0 Å². The number of benzene rings is 2. The van der Waals surface area contributed by atoms with Gasteiger partial charge in [0, 0.05) is 28.3 Å². The minimum absolute atomic E-state index is 0.488. The van der Waals surface area contributed by atoms with Crippen LogP contribution in [-0.4, -0.2) is 29.7 Å². The molecule has 3 aromatic rings. The lowest BCUT2D eigenvalue weighted by Crippen LogP contribution is -2.32. The van der Waals surface area contributed by atoms with Crippen molar-refractivity contribution in [2.45, 2.75) is 27.7 Å². The summed E-state index contributed by atoms with van der Waals surface area (Å²) in [5.74, 6) is -0.997. The molecule has 0 saturated carbocycles. The maximum Gasteiger partial charge on any atom is 0.329 e. The Balaban J connectivity index is 1.67. The summed E-state index contributed by atoms with van der Waals surface area (Å²) in [4.78, 5) is 24.1. The Labute approximate surface area is 181 Å². The molecule has 0 unspecified atom stereocenters. The van der Waals surface area contributed by atoms with E-state index >= 15 is 0 Å². The summed E-state index contributed by atoms with van der Waals surface area (Å²) in [5, 5.41) is 6.47. The van der Waals surface area contributed by atoms with Gasteiger partial charge in [0.15, 0.2) is 0 Å². The molecule has 0 saturated heterocycles. The topological polar surface area (TPSA) is 84.7 Å². The summed E-state index contributed by atoms with van der Waals surface area (Å²) in [6.07, 6.45) is 1.54. The summed E-state index contributed by atoms with van der Waals surface area (Å²) < 4.78 is 7.19. The van der Waals surface area contributed by atoms with Crippen molar-refractivity contribution in [2.75, 3.05) is 12.4 Å². The molecule has 2 N–H and O–H groups in total. The van der Waals surface area contributed by atoms with E-state index < -0.39 is 11.8 Å². The number of aromatic nitrogens is 1. The molecule has 1 heterocycles. The van der Waals surface area contributed by atoms with Crippen molar-refractivity contribution < 1.29 is 14.3 Å². The molecule has 7 heteroatoms. The molecule has 0 aliphatic carbocycles. The SMILES string of the molecule is COc1ccc(NC(=O)C(=O)N/N=C\c2cc(C)n(-c3ccc(C)c(C)c3)c2C)cc1. The molecule has 2 amide bonds. The predicted molar refractivity (Wildman–Crippen MR) is 122 cm³/mol. The molecule has 0 aliphatic rings. The fourth-order valence-corrected chi connectivity index (χ4v) is 3.25. The number of carbonyl (C=O) groups is 2. The van der Waals surface area contributed by atoms with Crippen molar-refractivity contribution >= 4 is 23.7 Å². The zero-order valence-electron chi connectivity index (χ0n) is 18.3. The Morgan fingerprint density at radius 1 is 0.935 bits per heavy atom. The molecule has 2 aromatic carbocycles. The second kappa shape index (κ2) is 9.30. The van der Waals surface area contributed by atoms with Crippen molar-refractivity contribution in [3.8, 4) is 11.4 Å². The van der Waals surface area contributed by atoms with Crippen LogP contribution in [0.5, 0.6) is 5.75 Å². The average Bonchev–Trinajstić information content (AvgIpc) is 3.03. The molecule has 3 rings (SSSR count). The van der Waals surface area contributed by atoms with E-state index in [0.717, 1.165) is 22.6 Å². The van der Waals surface area contributed by atoms with Crippen molar-refractivity contribution in [1.82, 2.24) is 9.99 Å². The number of aryl methyl sites for hydroxylation is 3. The van der Waals surface area contributed by atoms with E-state index in [9.17, 15) is 9.59 Å². The van der Waals surface area contributed by atoms with Gasteiger partial charge in [-0.25, -0.2) is 5.43 Å². The van der Waals surface area contributed by atoms with Gasteiger partial charge in [0.2, 0.25) is 0 Å². The molecule has 31 heavy (non-hydrogen) atoms. The fourth-order valence-electron chi connectivity index (χ4n) is 3.25. The molecule has 0 aliphatic heterocycles. The number of hydrazone groups is 1. The zero-order valence-corrected chi connectivity index (χ0v) is 18.3. The lowest BCUT2D eigenvalue weighted by atomic mass is 10.1. The van der Waals surface area contributed by atoms with Crippen molar-refractivity contribution in [3.05, 3.63) is 76.6 Å². The number of nitrogens with zero attached hydrogens (tertiary/aromatic N) is 2. The first-order chi connectivity index (χ1) is 14.8. The average molecular weight is 418 g/mol. The number of hydrogen-bond acceptors (Lipinski definition) is 4. The van der Waals surface area contributed by atoms with Crippen LogP contribution >= 0.6 is 0 Å². The molecule has 0 fully saturated rings. The number of amides is 2. The summed E-state index contributed by atoms with van der Waals surface area (Å²) in [7, 11) is 1.55. The number of anilines is 1. The van der Waals surface area contributed by atoms with Gasteiger partial charge >= 0.3 is 11.8 Å². The molecule has 7 nitrogen and oxygen atoms in total. The lowest BCUT2D eigenvalue weighted by Gasteiger charge is -2.11. The van der Waals surface area contributed by atoms with E-state index in [1.807, 2.05) is 19.9 Å². The Bertz CT molecular complexity index is 1140. The normalized spacial score (nSPS) is 10.9. The van der Waals surface area contributed by atoms with Crippen LogP contribution in [0.2, 0.25) is 0 Å². The Kier molecular flexibility index (Phi) is 6.55. The van der Waals surface area contributed by atoms with Gasteiger partial charge in [0.1, 0.15) is 5.75 Å². The van der Waals surface area contributed by atoms with E-state index in [1.165, 1.54) is 11.1 Å². The van der Waals surface area contributed by atoms with Crippen LogP contribution < -0.4 is 15.5 Å². The monoisotopic (exact) mass is 418 g/mol. The largest absolute Gasteiger partial charge is 0.497 e. The van der Waals surface area contributed by atoms with Crippen molar-refractivity contribution in [1.29, 1.82) is 0 Å². The van der Waals surface area contributed by atoms with Gasteiger partial charge < -0.3 is 14.6 Å². The molecule has 160 valence electrons. The first-order valence-corrected chi connectivity index (χ1v) is 9.85. The third-order valence-corrected chi connectivity index (χ3v) is 5.14. The molecule has 0 bridgehead atoms. The third kappa shape index (κ3) is 5.01. The van der Waals surface area contributed by atoms with Crippen LogP contribution in [0.3, 0.4) is 0 Å². The molecular weight excluding hydrogens is 392 g/mol. The third-order valence-electron chi connectivity index (χ3n) is 5.14. The number of rotatable bonds is 5. The van der Waals surface area contributed by atoms with E-state index in [1.54, 1.807) is 37.6 Å². The maximum atomic E-state index is 12.0. The minimum Gasteiger partial charge on any atom is -0.497 e. The second-order valence-corrected chi connectivity index (χ2v) is 7.31. The predicted octanol–water partition coefficient (Wildman–Crippen LogP) is 3.81. The van der Waals surface area contributed by atoms with Gasteiger partial charge in [-0.05, 0) is 81.3 Å². The Morgan fingerprint density at radius 3 is 2.29 bits per heavy atom. The molecule has 0 spiro atoms. The van der Waals surface area contributed by atoms with Gasteiger partial charge in [-0.15, -0.1) is 0 Å². The highest BCUT2D eigenvalue weighted by molar-refractivity contribution is 6.39. The van der Waals surface area contributed by atoms with Crippen LogP contribution in [0.25, 0.3) is 5.69 Å². The molecule has 1 aromatic heterocycles. The van der Waals surface area contributed by atoms with Crippen LogP contribution in [-0.2, 0) is 9.59 Å². The molecule has 0 radical (unpaired) electrons. The van der Waals surface area contributed by atoms with Crippen molar-refractivity contribution in [3.63, 3.8) is 0 Å². The Morgan fingerprint density at radius 2 is 1.65 bits per heavy atom. The number of methoxy groups -OCH3 is 1. The summed E-state index contributed by atoms with van der Waals surface area (Å²) in [5.41, 5.74) is 9.17. The van der Waals surface area contributed by atoms with Crippen LogP contribution in [0.4, 0.5) is 5.69 Å². The highest BCUT2D eigenvalue weighted by atomic mass is 16.5. The zero-order chi connectivity index (χ0) is 22.5. The highest BCUT2D eigenvalue weighted by Gasteiger charge is 2.14. The van der Waals surface area contributed by atoms with Gasteiger partial charge in [-0.2, -0.15) is 5.10 Å². The summed E-state index contributed by atoms with van der Waals surface area (Å²) in [6, 6.07) is 15.0. The number of hydrogen-bond donors (Lipinski definition) is 2. The first-order valence-electron chi connectivity index (χ1n) is 9.85. The Hall–Kier alpha value is -3.87. The van der Waals surface area contributed by atoms with Crippen LogP contribution in [0, 0.1) is 27.7 Å². The smallest absolute Gasteiger partial charge is 0.329 e. The maximum absolute atomic E-state index is 12.0. The summed E-state index contributed by atoms with van der Waals surface area (Å²) >= 11 is 0.